The number of aromatic nitrogens is 1. The van der Waals surface area contributed by atoms with Crippen LogP contribution in [0.15, 0.2) is 18.2 Å². The summed E-state index contributed by atoms with van der Waals surface area (Å²) in [5.74, 6) is -0.550. The molecule has 2 aliphatic rings. The Kier molecular flexibility index (Phi) is 6.18. The molecule has 3 amide bonds. The van der Waals surface area contributed by atoms with Gasteiger partial charge in [-0.25, -0.2) is 4.98 Å². The van der Waals surface area contributed by atoms with Gasteiger partial charge in [0, 0.05) is 19.5 Å². The number of thiazole rings is 1. The number of fused-ring (bicyclic) bond motifs is 2. The Morgan fingerprint density at radius 1 is 1.20 bits per heavy atom. The van der Waals surface area contributed by atoms with Crippen molar-refractivity contribution in [1.29, 1.82) is 0 Å². The molecule has 1 saturated carbocycles. The smallest absolute Gasteiger partial charge is 0.233 e. The number of anilines is 1. The molecular formula is C23H29N3O3S. The van der Waals surface area contributed by atoms with Gasteiger partial charge >= 0.3 is 0 Å². The second kappa shape index (κ2) is 8.84. The standard InChI is InChI=1S/C23H29N3O3S/c1-3-4-12-25(23-24-18-10-9-15(2)14-19(18)30-23)20(27)11-13-26-21(28)16-7-5-6-8-17(16)22(26)29/h9-10,14,16-17H,3-8,11-13H2,1-2H3/t16-,17-/m1/s1. The zero-order valence-corrected chi connectivity index (χ0v) is 18.5. The second-order valence-electron chi connectivity index (χ2n) is 8.44. The van der Waals surface area contributed by atoms with Crippen molar-refractivity contribution in [2.75, 3.05) is 18.0 Å². The zero-order chi connectivity index (χ0) is 21.3. The molecule has 1 saturated heterocycles. The molecule has 0 bridgehead atoms. The topological polar surface area (TPSA) is 70.6 Å². The number of carbonyl (C=O) groups excluding carboxylic acids is 3. The van der Waals surface area contributed by atoms with Crippen LogP contribution in [0.5, 0.6) is 0 Å². The number of amides is 3. The van der Waals surface area contributed by atoms with Gasteiger partial charge in [-0.05, 0) is 43.9 Å². The fourth-order valence-corrected chi connectivity index (χ4v) is 5.68. The number of carbonyl (C=O) groups is 3. The molecule has 2 fully saturated rings. The quantitative estimate of drug-likeness (QED) is 0.618. The molecule has 2 atom stereocenters. The monoisotopic (exact) mass is 427 g/mol. The van der Waals surface area contributed by atoms with Crippen LogP contribution < -0.4 is 4.90 Å². The Balaban J connectivity index is 1.48. The maximum Gasteiger partial charge on any atom is 0.233 e. The summed E-state index contributed by atoms with van der Waals surface area (Å²) in [4.78, 5) is 46.3. The average Bonchev–Trinajstić information content (AvgIpc) is 3.26. The number of nitrogens with zero attached hydrogens (tertiary/aromatic N) is 3. The Bertz CT molecular complexity index is 946. The Morgan fingerprint density at radius 2 is 1.90 bits per heavy atom. The Labute approximate surface area is 181 Å². The van der Waals surface area contributed by atoms with Crippen LogP contribution in [0.3, 0.4) is 0 Å². The van der Waals surface area contributed by atoms with Gasteiger partial charge in [-0.3, -0.25) is 24.2 Å². The highest BCUT2D eigenvalue weighted by atomic mass is 32.1. The van der Waals surface area contributed by atoms with Crippen molar-refractivity contribution in [3.63, 3.8) is 0 Å². The summed E-state index contributed by atoms with van der Waals surface area (Å²) in [6.45, 7) is 4.91. The first-order valence-corrected chi connectivity index (χ1v) is 11.8. The first kappa shape index (κ1) is 21.0. The van der Waals surface area contributed by atoms with Crippen molar-refractivity contribution in [2.24, 2.45) is 11.8 Å². The minimum absolute atomic E-state index is 0.0744. The van der Waals surface area contributed by atoms with Crippen LogP contribution >= 0.6 is 11.3 Å². The zero-order valence-electron chi connectivity index (χ0n) is 17.7. The number of unbranched alkanes of at least 4 members (excludes halogenated alkanes) is 1. The molecule has 1 aromatic heterocycles. The molecule has 0 N–H and O–H groups in total. The van der Waals surface area contributed by atoms with E-state index >= 15 is 0 Å². The number of aryl methyl sites for hydroxylation is 1. The molecule has 1 aliphatic heterocycles. The summed E-state index contributed by atoms with van der Waals surface area (Å²) in [6, 6.07) is 6.09. The van der Waals surface area contributed by atoms with E-state index in [-0.39, 0.29) is 42.5 Å². The largest absolute Gasteiger partial charge is 0.288 e. The van der Waals surface area contributed by atoms with Gasteiger partial charge in [0.05, 0.1) is 22.1 Å². The number of imide groups is 1. The van der Waals surface area contributed by atoms with Crippen LogP contribution in [0.2, 0.25) is 0 Å². The van der Waals surface area contributed by atoms with Gasteiger partial charge in [-0.2, -0.15) is 0 Å². The van der Waals surface area contributed by atoms with Crippen molar-refractivity contribution in [3.05, 3.63) is 23.8 Å². The predicted octanol–water partition coefficient (Wildman–Crippen LogP) is 4.30. The van der Waals surface area contributed by atoms with E-state index in [0.717, 1.165) is 54.3 Å². The third-order valence-corrected chi connectivity index (χ3v) is 7.32. The number of benzene rings is 1. The molecule has 0 radical (unpaired) electrons. The molecule has 0 spiro atoms. The summed E-state index contributed by atoms with van der Waals surface area (Å²) in [5.41, 5.74) is 2.06. The highest BCUT2D eigenvalue weighted by Gasteiger charge is 2.47. The molecule has 1 aromatic carbocycles. The van der Waals surface area contributed by atoms with E-state index in [0.29, 0.717) is 11.7 Å². The van der Waals surface area contributed by atoms with Crippen LogP contribution in [0.1, 0.15) is 57.4 Å². The van der Waals surface area contributed by atoms with Crippen molar-refractivity contribution >= 4 is 44.4 Å². The van der Waals surface area contributed by atoms with E-state index in [1.807, 2.05) is 19.1 Å². The Hall–Kier alpha value is -2.28. The van der Waals surface area contributed by atoms with E-state index in [1.165, 1.54) is 16.2 Å². The summed E-state index contributed by atoms with van der Waals surface area (Å²) >= 11 is 1.52. The van der Waals surface area contributed by atoms with Gasteiger partial charge in [0.1, 0.15) is 0 Å². The molecule has 1 aliphatic carbocycles. The van der Waals surface area contributed by atoms with Gasteiger partial charge in [0.2, 0.25) is 17.7 Å². The van der Waals surface area contributed by atoms with Crippen LogP contribution in [0.25, 0.3) is 10.2 Å². The average molecular weight is 428 g/mol. The van der Waals surface area contributed by atoms with E-state index in [9.17, 15) is 14.4 Å². The Morgan fingerprint density at radius 3 is 2.57 bits per heavy atom. The lowest BCUT2D eigenvalue weighted by molar-refractivity contribution is -0.140. The molecule has 0 unspecified atom stereocenters. The summed E-state index contributed by atoms with van der Waals surface area (Å²) in [6.07, 6.45) is 5.62. The first-order valence-electron chi connectivity index (χ1n) is 11.0. The van der Waals surface area contributed by atoms with E-state index in [4.69, 9.17) is 0 Å². The van der Waals surface area contributed by atoms with Gasteiger partial charge < -0.3 is 0 Å². The molecule has 2 heterocycles. The molecule has 4 rings (SSSR count). The lowest BCUT2D eigenvalue weighted by Crippen LogP contribution is -2.38. The normalized spacial score (nSPS) is 21.3. The van der Waals surface area contributed by atoms with Crippen molar-refractivity contribution in [3.8, 4) is 0 Å². The highest BCUT2D eigenvalue weighted by Crippen LogP contribution is 2.38. The maximum atomic E-state index is 13.1. The van der Waals surface area contributed by atoms with Crippen molar-refractivity contribution in [1.82, 2.24) is 9.88 Å². The third-order valence-electron chi connectivity index (χ3n) is 6.28. The van der Waals surface area contributed by atoms with Crippen molar-refractivity contribution in [2.45, 2.75) is 58.8 Å². The maximum absolute atomic E-state index is 13.1. The molecule has 6 nitrogen and oxygen atoms in total. The fourth-order valence-electron chi connectivity index (χ4n) is 4.57. The summed E-state index contributed by atoms with van der Waals surface area (Å²) in [7, 11) is 0. The first-order chi connectivity index (χ1) is 14.5. The molecule has 160 valence electrons. The molecule has 30 heavy (non-hydrogen) atoms. The highest BCUT2D eigenvalue weighted by molar-refractivity contribution is 7.22. The number of hydrogen-bond donors (Lipinski definition) is 0. The van der Waals surface area contributed by atoms with Gasteiger partial charge in [-0.15, -0.1) is 0 Å². The molecule has 2 aromatic rings. The third kappa shape index (κ3) is 4.00. The van der Waals surface area contributed by atoms with E-state index < -0.39 is 0 Å². The second-order valence-corrected chi connectivity index (χ2v) is 9.45. The number of rotatable bonds is 7. The van der Waals surface area contributed by atoms with Gasteiger partial charge in [0.15, 0.2) is 5.13 Å². The minimum Gasteiger partial charge on any atom is -0.288 e. The minimum atomic E-state index is -0.162. The lowest BCUT2D eigenvalue weighted by atomic mass is 9.81. The van der Waals surface area contributed by atoms with Crippen LogP contribution in [-0.4, -0.2) is 40.7 Å². The van der Waals surface area contributed by atoms with Crippen molar-refractivity contribution < 1.29 is 14.4 Å². The number of hydrogen-bond acceptors (Lipinski definition) is 5. The number of likely N-dealkylation sites (tertiary alicyclic amines) is 1. The van der Waals surface area contributed by atoms with Crippen LogP contribution in [-0.2, 0) is 14.4 Å². The summed E-state index contributed by atoms with van der Waals surface area (Å²) < 4.78 is 1.06. The molecular weight excluding hydrogens is 398 g/mol. The lowest BCUT2D eigenvalue weighted by Gasteiger charge is -2.21. The summed E-state index contributed by atoms with van der Waals surface area (Å²) in [5, 5.41) is 0.696. The van der Waals surface area contributed by atoms with E-state index in [1.54, 1.807) is 4.90 Å². The SMILES string of the molecule is CCCCN(C(=O)CCN1C(=O)[C@@H]2CCCC[C@H]2C1=O)c1nc2ccc(C)cc2s1. The fraction of sp³-hybridized carbons (Fsp3) is 0.565. The van der Waals surface area contributed by atoms with Crippen LogP contribution in [0, 0.1) is 18.8 Å². The predicted molar refractivity (Wildman–Crippen MR) is 118 cm³/mol. The van der Waals surface area contributed by atoms with Crippen LogP contribution in [0.4, 0.5) is 5.13 Å². The van der Waals surface area contributed by atoms with Gasteiger partial charge in [-0.1, -0.05) is 43.6 Å². The van der Waals surface area contributed by atoms with E-state index in [2.05, 4.69) is 18.0 Å². The molecule has 7 heteroatoms. The van der Waals surface area contributed by atoms with Gasteiger partial charge in [0.25, 0.3) is 0 Å².